The Bertz CT molecular complexity index is 583. The molecule has 7 heteroatoms. The van der Waals surface area contributed by atoms with E-state index in [1.807, 2.05) is 0 Å². The van der Waals surface area contributed by atoms with Crippen molar-refractivity contribution in [3.8, 4) is 0 Å². The molecule has 0 fully saturated rings. The number of hydrogen-bond donors (Lipinski definition) is 1. The van der Waals surface area contributed by atoms with Gasteiger partial charge in [-0.1, -0.05) is 18.2 Å². The standard InChI is InChI=1S/C13H12BrF3N2O/c14-10-6-18-19(7-10)8-11(20)5-9-3-1-2-4-12(9)13(15,16)17/h1-4,6-7,11,20H,5,8H2. The Morgan fingerprint density at radius 3 is 2.60 bits per heavy atom. The average Bonchev–Trinajstić information content (AvgIpc) is 2.73. The molecule has 0 aliphatic rings. The molecule has 0 spiro atoms. The van der Waals surface area contributed by atoms with Crippen LogP contribution < -0.4 is 0 Å². The van der Waals surface area contributed by atoms with Crippen molar-refractivity contribution in [2.45, 2.75) is 25.2 Å². The Balaban J connectivity index is 2.10. The summed E-state index contributed by atoms with van der Waals surface area (Å²) in [6, 6.07) is 5.27. The monoisotopic (exact) mass is 348 g/mol. The third-order valence-electron chi connectivity index (χ3n) is 2.78. The minimum atomic E-state index is -4.41. The molecule has 0 radical (unpaired) electrons. The summed E-state index contributed by atoms with van der Waals surface area (Å²) >= 11 is 3.21. The SMILES string of the molecule is OC(Cc1ccccc1C(F)(F)F)Cn1cc(Br)cn1. The first-order valence-electron chi connectivity index (χ1n) is 5.87. The third kappa shape index (κ3) is 3.83. The number of aliphatic hydroxyl groups excluding tert-OH is 1. The molecule has 1 heterocycles. The van der Waals surface area contributed by atoms with Crippen LogP contribution in [0.5, 0.6) is 0 Å². The largest absolute Gasteiger partial charge is 0.416 e. The quantitative estimate of drug-likeness (QED) is 0.920. The summed E-state index contributed by atoms with van der Waals surface area (Å²) in [5, 5.41) is 13.9. The van der Waals surface area contributed by atoms with E-state index in [0.717, 1.165) is 10.5 Å². The molecule has 0 bridgehead atoms. The summed E-state index contributed by atoms with van der Waals surface area (Å²) in [6.45, 7) is 0.137. The molecule has 0 aliphatic heterocycles. The Labute approximate surface area is 122 Å². The van der Waals surface area contributed by atoms with E-state index in [2.05, 4.69) is 21.0 Å². The van der Waals surface area contributed by atoms with Gasteiger partial charge < -0.3 is 5.11 Å². The van der Waals surface area contributed by atoms with Crippen LogP contribution in [0.2, 0.25) is 0 Å². The van der Waals surface area contributed by atoms with Crippen molar-refractivity contribution >= 4 is 15.9 Å². The van der Waals surface area contributed by atoms with Crippen molar-refractivity contribution in [2.24, 2.45) is 0 Å². The molecule has 3 nitrogen and oxygen atoms in total. The van der Waals surface area contributed by atoms with Gasteiger partial charge >= 0.3 is 6.18 Å². The Morgan fingerprint density at radius 2 is 2.00 bits per heavy atom. The van der Waals surface area contributed by atoms with Gasteiger partial charge in [0, 0.05) is 12.6 Å². The van der Waals surface area contributed by atoms with Crippen LogP contribution in [0.15, 0.2) is 41.1 Å². The van der Waals surface area contributed by atoms with Crippen LogP contribution in [0, 0.1) is 0 Å². The molecule has 1 unspecified atom stereocenters. The average molecular weight is 349 g/mol. The summed E-state index contributed by atoms with van der Waals surface area (Å²) in [5.74, 6) is 0. The Hall–Kier alpha value is -1.34. The van der Waals surface area contributed by atoms with Crippen LogP contribution in [-0.4, -0.2) is 21.0 Å². The van der Waals surface area contributed by atoms with Crippen LogP contribution in [0.25, 0.3) is 0 Å². The zero-order valence-electron chi connectivity index (χ0n) is 10.3. The van der Waals surface area contributed by atoms with Crippen molar-refractivity contribution in [1.82, 2.24) is 9.78 Å². The molecule has 1 aromatic carbocycles. The molecule has 108 valence electrons. The second kappa shape index (κ2) is 5.97. The second-order valence-corrected chi connectivity index (χ2v) is 5.31. The maximum Gasteiger partial charge on any atom is 0.416 e. The van der Waals surface area contributed by atoms with Gasteiger partial charge in [-0.25, -0.2) is 0 Å². The molecule has 2 rings (SSSR count). The number of nitrogens with zero attached hydrogens (tertiary/aromatic N) is 2. The van der Waals surface area contributed by atoms with Gasteiger partial charge in [-0.2, -0.15) is 18.3 Å². The van der Waals surface area contributed by atoms with Crippen molar-refractivity contribution in [3.05, 3.63) is 52.3 Å². The van der Waals surface area contributed by atoms with Gasteiger partial charge in [-0.05, 0) is 27.6 Å². The molecule has 1 atom stereocenters. The molecule has 1 N–H and O–H groups in total. The van der Waals surface area contributed by atoms with Crippen molar-refractivity contribution < 1.29 is 18.3 Å². The number of benzene rings is 1. The maximum atomic E-state index is 12.8. The predicted octanol–water partition coefficient (Wildman–Crippen LogP) is 3.27. The third-order valence-corrected chi connectivity index (χ3v) is 3.19. The highest BCUT2D eigenvalue weighted by molar-refractivity contribution is 9.10. The highest BCUT2D eigenvalue weighted by Gasteiger charge is 2.33. The zero-order valence-corrected chi connectivity index (χ0v) is 11.9. The second-order valence-electron chi connectivity index (χ2n) is 4.39. The van der Waals surface area contributed by atoms with E-state index in [9.17, 15) is 18.3 Å². The Morgan fingerprint density at radius 1 is 1.30 bits per heavy atom. The first-order valence-corrected chi connectivity index (χ1v) is 6.66. The lowest BCUT2D eigenvalue weighted by Gasteiger charge is -2.15. The molecule has 20 heavy (non-hydrogen) atoms. The first-order chi connectivity index (χ1) is 9.36. The zero-order chi connectivity index (χ0) is 14.8. The molecular weight excluding hydrogens is 337 g/mol. The van der Waals surface area contributed by atoms with E-state index in [1.165, 1.54) is 22.9 Å². The molecule has 0 saturated heterocycles. The summed E-state index contributed by atoms with van der Waals surface area (Å²) in [6.07, 6.45) is -2.22. The van der Waals surface area contributed by atoms with Crippen LogP contribution in [0.1, 0.15) is 11.1 Å². The van der Waals surface area contributed by atoms with Gasteiger partial charge in [-0.15, -0.1) is 0 Å². The fourth-order valence-electron chi connectivity index (χ4n) is 1.95. The van der Waals surface area contributed by atoms with Gasteiger partial charge in [0.15, 0.2) is 0 Å². The molecule has 1 aromatic heterocycles. The van der Waals surface area contributed by atoms with Crippen molar-refractivity contribution in [2.75, 3.05) is 0 Å². The number of aromatic nitrogens is 2. The minimum Gasteiger partial charge on any atom is -0.391 e. The number of hydrogen-bond acceptors (Lipinski definition) is 2. The molecule has 0 amide bonds. The fourth-order valence-corrected chi connectivity index (χ4v) is 2.28. The van der Waals surface area contributed by atoms with E-state index in [-0.39, 0.29) is 18.5 Å². The van der Waals surface area contributed by atoms with E-state index < -0.39 is 17.8 Å². The van der Waals surface area contributed by atoms with E-state index >= 15 is 0 Å². The van der Waals surface area contributed by atoms with Crippen molar-refractivity contribution in [3.63, 3.8) is 0 Å². The van der Waals surface area contributed by atoms with Crippen LogP contribution >= 0.6 is 15.9 Å². The van der Waals surface area contributed by atoms with Crippen LogP contribution in [0.3, 0.4) is 0 Å². The number of halogens is 4. The smallest absolute Gasteiger partial charge is 0.391 e. The fraction of sp³-hybridized carbons (Fsp3) is 0.308. The lowest BCUT2D eigenvalue weighted by molar-refractivity contribution is -0.138. The van der Waals surface area contributed by atoms with E-state index in [4.69, 9.17) is 0 Å². The summed E-state index contributed by atoms with van der Waals surface area (Å²) in [7, 11) is 0. The van der Waals surface area contributed by atoms with Gasteiger partial charge in [0.05, 0.1) is 28.9 Å². The number of alkyl halides is 3. The van der Waals surface area contributed by atoms with E-state index in [0.29, 0.717) is 0 Å². The predicted molar refractivity (Wildman–Crippen MR) is 71.1 cm³/mol. The number of aliphatic hydroxyl groups is 1. The summed E-state index contributed by atoms with van der Waals surface area (Å²) in [5.41, 5.74) is -0.626. The highest BCUT2D eigenvalue weighted by Crippen LogP contribution is 2.32. The normalized spacial score (nSPS) is 13.4. The summed E-state index contributed by atoms with van der Waals surface area (Å²) in [4.78, 5) is 0. The lowest BCUT2D eigenvalue weighted by atomic mass is 10.0. The van der Waals surface area contributed by atoms with Crippen molar-refractivity contribution in [1.29, 1.82) is 0 Å². The molecular formula is C13H12BrF3N2O. The molecule has 0 aliphatic carbocycles. The van der Waals surface area contributed by atoms with Gasteiger partial charge in [0.25, 0.3) is 0 Å². The van der Waals surface area contributed by atoms with Gasteiger partial charge in [-0.3, -0.25) is 4.68 Å². The lowest BCUT2D eigenvalue weighted by Crippen LogP contribution is -2.21. The minimum absolute atomic E-state index is 0.0762. The molecule has 2 aromatic rings. The topological polar surface area (TPSA) is 38.0 Å². The van der Waals surface area contributed by atoms with E-state index in [1.54, 1.807) is 12.4 Å². The molecule has 0 saturated carbocycles. The highest BCUT2D eigenvalue weighted by atomic mass is 79.9. The van der Waals surface area contributed by atoms with Crippen LogP contribution in [0.4, 0.5) is 13.2 Å². The van der Waals surface area contributed by atoms with Gasteiger partial charge in [0.2, 0.25) is 0 Å². The van der Waals surface area contributed by atoms with Crippen LogP contribution in [-0.2, 0) is 19.1 Å². The summed E-state index contributed by atoms with van der Waals surface area (Å²) < 4.78 is 40.7. The Kier molecular flexibility index (Phi) is 4.49. The first kappa shape index (κ1) is 15.1. The van der Waals surface area contributed by atoms with Gasteiger partial charge in [0.1, 0.15) is 0 Å². The number of rotatable bonds is 4. The maximum absolute atomic E-state index is 12.8.